The molecule has 1 aliphatic heterocycles. The van der Waals surface area contributed by atoms with E-state index in [0.717, 1.165) is 0 Å². The van der Waals surface area contributed by atoms with Gasteiger partial charge in [0.05, 0.1) is 49.2 Å². The number of nitrogens with one attached hydrogen (secondary N) is 2. The van der Waals surface area contributed by atoms with Gasteiger partial charge in [0.25, 0.3) is 0 Å². The fraction of sp³-hybridized carbons (Fsp3) is 0.333. The SMILES string of the molecule is CCOc1c(OC)cc(C2NC(=O)NC(c3ccc(OC)cc3)=C2C(=O)OC(C)C)cc1[N+](=O)[O-]. The number of hydrogen-bond acceptors (Lipinski definition) is 8. The molecule has 0 bridgehead atoms. The largest absolute Gasteiger partial charge is 0.497 e. The van der Waals surface area contributed by atoms with Crippen molar-refractivity contribution in [1.82, 2.24) is 10.6 Å². The summed E-state index contributed by atoms with van der Waals surface area (Å²) in [6.45, 7) is 5.25. The molecule has 0 saturated carbocycles. The number of esters is 1. The van der Waals surface area contributed by atoms with Crippen LogP contribution in [0.5, 0.6) is 17.2 Å². The fourth-order valence-electron chi connectivity index (χ4n) is 3.65. The van der Waals surface area contributed by atoms with Crippen molar-refractivity contribution in [3.05, 3.63) is 63.2 Å². The Kier molecular flexibility index (Phi) is 7.80. The maximum Gasteiger partial charge on any atom is 0.338 e. The topological polar surface area (TPSA) is 138 Å². The van der Waals surface area contributed by atoms with Gasteiger partial charge in [-0.2, -0.15) is 0 Å². The molecular formula is C24H27N3O8. The minimum atomic E-state index is -1.07. The molecule has 2 N–H and O–H groups in total. The standard InChI is InChI=1S/C24H27N3O8/c1-6-34-22-17(27(30)31)11-15(12-18(22)33-5)21-19(23(28)35-13(2)3)20(25-24(29)26-21)14-7-9-16(32-4)10-8-14/h7-13,21H,6H2,1-5H3,(H2,25,26,29). The summed E-state index contributed by atoms with van der Waals surface area (Å²) in [4.78, 5) is 37.1. The van der Waals surface area contributed by atoms with Crippen LogP contribution in [0.3, 0.4) is 0 Å². The van der Waals surface area contributed by atoms with Crippen LogP contribution in [0.4, 0.5) is 10.5 Å². The highest BCUT2D eigenvalue weighted by Gasteiger charge is 2.37. The van der Waals surface area contributed by atoms with Crippen LogP contribution in [0.15, 0.2) is 42.0 Å². The van der Waals surface area contributed by atoms with E-state index < -0.39 is 29.1 Å². The molecule has 186 valence electrons. The predicted molar refractivity (Wildman–Crippen MR) is 126 cm³/mol. The Bertz CT molecular complexity index is 1160. The number of methoxy groups -OCH3 is 2. The molecule has 2 aromatic carbocycles. The first-order valence-corrected chi connectivity index (χ1v) is 10.9. The van der Waals surface area contributed by atoms with Gasteiger partial charge in [-0.15, -0.1) is 0 Å². The predicted octanol–water partition coefficient (Wildman–Crippen LogP) is 3.73. The smallest absolute Gasteiger partial charge is 0.338 e. The van der Waals surface area contributed by atoms with E-state index in [1.54, 1.807) is 45.0 Å². The Balaban J connectivity index is 2.26. The highest BCUT2D eigenvalue weighted by Crippen LogP contribution is 2.42. The van der Waals surface area contributed by atoms with Crippen LogP contribution in [0, 0.1) is 10.1 Å². The Morgan fingerprint density at radius 2 is 1.83 bits per heavy atom. The number of benzene rings is 2. The summed E-state index contributed by atoms with van der Waals surface area (Å²) < 4.78 is 21.4. The van der Waals surface area contributed by atoms with Crippen molar-refractivity contribution in [2.45, 2.75) is 32.9 Å². The van der Waals surface area contributed by atoms with Gasteiger partial charge in [-0.1, -0.05) is 0 Å². The van der Waals surface area contributed by atoms with Crippen LogP contribution in [0.25, 0.3) is 5.70 Å². The van der Waals surface area contributed by atoms with Crippen LogP contribution >= 0.6 is 0 Å². The van der Waals surface area contributed by atoms with E-state index in [-0.39, 0.29) is 40.6 Å². The van der Waals surface area contributed by atoms with Crippen LogP contribution in [-0.4, -0.2) is 43.9 Å². The first-order valence-electron chi connectivity index (χ1n) is 10.9. The number of carbonyl (C=O) groups excluding carboxylic acids is 2. The lowest BCUT2D eigenvalue weighted by molar-refractivity contribution is -0.386. The number of carbonyl (C=O) groups is 2. The Labute approximate surface area is 202 Å². The second kappa shape index (κ2) is 10.8. The molecule has 3 rings (SSSR count). The summed E-state index contributed by atoms with van der Waals surface area (Å²) in [5.41, 5.74) is 0.686. The minimum absolute atomic E-state index is 0.0466. The number of hydrogen-bond donors (Lipinski definition) is 2. The first-order chi connectivity index (χ1) is 16.7. The molecular weight excluding hydrogens is 458 g/mol. The maximum absolute atomic E-state index is 13.3. The van der Waals surface area contributed by atoms with Crippen LogP contribution in [-0.2, 0) is 9.53 Å². The van der Waals surface area contributed by atoms with E-state index in [9.17, 15) is 19.7 Å². The average Bonchev–Trinajstić information content (AvgIpc) is 2.83. The minimum Gasteiger partial charge on any atom is -0.497 e. The zero-order valence-corrected chi connectivity index (χ0v) is 20.0. The second-order valence-electron chi connectivity index (χ2n) is 7.76. The van der Waals surface area contributed by atoms with Gasteiger partial charge >= 0.3 is 17.7 Å². The monoisotopic (exact) mass is 485 g/mol. The molecule has 11 heteroatoms. The molecule has 0 aliphatic carbocycles. The van der Waals surface area contributed by atoms with Crippen molar-refractivity contribution in [2.24, 2.45) is 0 Å². The third-order valence-electron chi connectivity index (χ3n) is 5.11. The number of ether oxygens (including phenoxy) is 4. The van der Waals surface area contributed by atoms with Gasteiger partial charge in [0, 0.05) is 6.07 Å². The van der Waals surface area contributed by atoms with E-state index >= 15 is 0 Å². The summed E-state index contributed by atoms with van der Waals surface area (Å²) >= 11 is 0. The number of nitro groups is 1. The highest BCUT2D eigenvalue weighted by molar-refractivity contribution is 6.04. The van der Waals surface area contributed by atoms with E-state index in [0.29, 0.717) is 11.3 Å². The molecule has 1 aliphatic rings. The number of amides is 2. The molecule has 1 unspecified atom stereocenters. The normalized spacial score (nSPS) is 15.3. The molecule has 2 aromatic rings. The van der Waals surface area contributed by atoms with Crippen molar-refractivity contribution >= 4 is 23.4 Å². The maximum atomic E-state index is 13.3. The van der Waals surface area contributed by atoms with Gasteiger partial charge in [0.1, 0.15) is 5.75 Å². The molecule has 0 radical (unpaired) electrons. The van der Waals surface area contributed by atoms with Crippen LogP contribution in [0.2, 0.25) is 0 Å². The summed E-state index contributed by atoms with van der Waals surface area (Å²) in [7, 11) is 2.87. The molecule has 0 saturated heterocycles. The van der Waals surface area contributed by atoms with Gasteiger partial charge in [-0.3, -0.25) is 10.1 Å². The van der Waals surface area contributed by atoms with Crippen molar-refractivity contribution in [3.8, 4) is 17.2 Å². The van der Waals surface area contributed by atoms with Gasteiger partial charge in [-0.25, -0.2) is 9.59 Å². The summed E-state index contributed by atoms with van der Waals surface area (Å²) in [6.07, 6.45) is -0.449. The van der Waals surface area contributed by atoms with Gasteiger partial charge in [0.2, 0.25) is 5.75 Å². The van der Waals surface area contributed by atoms with Gasteiger partial charge in [0.15, 0.2) is 5.75 Å². The number of rotatable bonds is 9. The summed E-state index contributed by atoms with van der Waals surface area (Å²) in [6, 6.07) is 7.79. The second-order valence-corrected chi connectivity index (χ2v) is 7.76. The molecule has 0 aromatic heterocycles. The zero-order valence-electron chi connectivity index (χ0n) is 20.0. The average molecular weight is 485 g/mol. The third kappa shape index (κ3) is 5.45. The third-order valence-corrected chi connectivity index (χ3v) is 5.11. The van der Waals surface area contributed by atoms with Gasteiger partial charge in [-0.05, 0) is 62.2 Å². The molecule has 0 spiro atoms. The molecule has 0 fully saturated rings. The van der Waals surface area contributed by atoms with Crippen molar-refractivity contribution in [2.75, 3.05) is 20.8 Å². The molecule has 1 heterocycles. The van der Waals surface area contributed by atoms with Crippen LogP contribution < -0.4 is 24.8 Å². The quantitative estimate of drug-likeness (QED) is 0.311. The number of nitro benzene ring substituents is 1. The molecule has 2 amide bonds. The lowest BCUT2D eigenvalue weighted by Gasteiger charge is -2.30. The van der Waals surface area contributed by atoms with E-state index in [1.807, 2.05) is 0 Å². The van der Waals surface area contributed by atoms with Gasteiger partial charge < -0.3 is 29.6 Å². The first kappa shape index (κ1) is 25.3. The molecule has 35 heavy (non-hydrogen) atoms. The van der Waals surface area contributed by atoms with Crippen molar-refractivity contribution in [1.29, 1.82) is 0 Å². The Hall–Kier alpha value is -4.28. The molecule has 11 nitrogen and oxygen atoms in total. The zero-order chi connectivity index (χ0) is 25.7. The number of urea groups is 1. The summed E-state index contributed by atoms with van der Waals surface area (Å²) in [5, 5.41) is 17.2. The lowest BCUT2D eigenvalue weighted by atomic mass is 9.92. The van der Waals surface area contributed by atoms with Crippen LogP contribution in [0.1, 0.15) is 37.9 Å². The lowest BCUT2D eigenvalue weighted by Crippen LogP contribution is -2.45. The molecule has 1 atom stereocenters. The van der Waals surface area contributed by atoms with E-state index in [1.165, 1.54) is 26.4 Å². The summed E-state index contributed by atoms with van der Waals surface area (Å²) in [5.74, 6) is -0.0655. The van der Waals surface area contributed by atoms with Crippen molar-refractivity contribution in [3.63, 3.8) is 0 Å². The Morgan fingerprint density at radius 3 is 2.37 bits per heavy atom. The number of nitrogens with zero attached hydrogens (tertiary/aromatic N) is 1. The van der Waals surface area contributed by atoms with E-state index in [4.69, 9.17) is 18.9 Å². The Morgan fingerprint density at radius 1 is 1.14 bits per heavy atom. The fourth-order valence-corrected chi connectivity index (χ4v) is 3.65. The van der Waals surface area contributed by atoms with E-state index in [2.05, 4.69) is 10.6 Å². The highest BCUT2D eigenvalue weighted by atomic mass is 16.6. The van der Waals surface area contributed by atoms with Crippen molar-refractivity contribution < 1.29 is 33.5 Å².